The Morgan fingerprint density at radius 1 is 1.67 bits per heavy atom. The van der Waals surface area contributed by atoms with Crippen molar-refractivity contribution in [1.82, 2.24) is 0 Å². The van der Waals surface area contributed by atoms with Crippen LogP contribution in [0.25, 0.3) is 0 Å². The van der Waals surface area contributed by atoms with E-state index in [0.717, 1.165) is 13.4 Å². The average molecular weight is 152 g/mol. The lowest BCUT2D eigenvalue weighted by Crippen LogP contribution is -2.20. The van der Waals surface area contributed by atoms with Crippen LogP contribution in [0.2, 0.25) is 0 Å². The SMILES string of the molecule is CO/C([O-])=N/S(C)(=O)=O. The van der Waals surface area contributed by atoms with E-state index in [-0.39, 0.29) is 0 Å². The van der Waals surface area contributed by atoms with Gasteiger partial charge >= 0.3 is 0 Å². The van der Waals surface area contributed by atoms with Crippen LogP contribution in [0.5, 0.6) is 0 Å². The maximum atomic E-state index is 10.1. The Morgan fingerprint density at radius 3 is 2.22 bits per heavy atom. The van der Waals surface area contributed by atoms with Gasteiger partial charge in [0.15, 0.2) is 6.08 Å². The van der Waals surface area contributed by atoms with Gasteiger partial charge in [0.2, 0.25) is 0 Å². The monoisotopic (exact) mass is 152 g/mol. The van der Waals surface area contributed by atoms with Crippen LogP contribution >= 0.6 is 0 Å². The first-order chi connectivity index (χ1) is 3.95. The zero-order valence-electron chi connectivity index (χ0n) is 4.99. The third-order valence-electron chi connectivity index (χ3n) is 0.415. The highest BCUT2D eigenvalue weighted by Gasteiger charge is 1.93. The molecule has 54 valence electrons. The molecule has 0 aromatic heterocycles. The predicted octanol–water partition coefficient (Wildman–Crippen LogP) is -1.69. The van der Waals surface area contributed by atoms with Crippen LogP contribution in [0.15, 0.2) is 4.40 Å². The number of hydrogen-bond donors (Lipinski definition) is 0. The lowest BCUT2D eigenvalue weighted by Gasteiger charge is -2.03. The molecule has 0 spiro atoms. The van der Waals surface area contributed by atoms with Gasteiger partial charge in [-0.3, -0.25) is 0 Å². The molecule has 0 aromatic rings. The standard InChI is InChI=1S/C3H7NO4S/c1-8-3(5)4-9(2,6)7/h1-2H3,(H,4,5)/p-1. The smallest absolute Gasteiger partial charge is 0.251 e. The van der Waals surface area contributed by atoms with Gasteiger partial charge < -0.3 is 9.84 Å². The molecule has 0 N–H and O–H groups in total. The van der Waals surface area contributed by atoms with E-state index >= 15 is 0 Å². The lowest BCUT2D eigenvalue weighted by molar-refractivity contribution is -0.246. The van der Waals surface area contributed by atoms with Crippen molar-refractivity contribution in [3.8, 4) is 0 Å². The van der Waals surface area contributed by atoms with Crippen LogP contribution in [0, 0.1) is 0 Å². The Balaban J connectivity index is 4.32. The fourth-order valence-corrected chi connectivity index (χ4v) is 0.518. The molecule has 5 nitrogen and oxygen atoms in total. The molecular weight excluding hydrogens is 146 g/mol. The van der Waals surface area contributed by atoms with E-state index in [1.54, 1.807) is 0 Å². The molecule has 0 aromatic carbocycles. The second-order valence-electron chi connectivity index (χ2n) is 1.29. The third kappa shape index (κ3) is 5.09. The van der Waals surface area contributed by atoms with Gasteiger partial charge in [0.25, 0.3) is 10.0 Å². The summed E-state index contributed by atoms with van der Waals surface area (Å²) in [6.07, 6.45) is -0.290. The molecule has 0 unspecified atom stereocenters. The van der Waals surface area contributed by atoms with E-state index in [1.807, 2.05) is 0 Å². The molecule has 0 amide bonds. The van der Waals surface area contributed by atoms with Crippen molar-refractivity contribution in [3.05, 3.63) is 0 Å². The molecule has 0 bridgehead atoms. The van der Waals surface area contributed by atoms with E-state index in [9.17, 15) is 13.5 Å². The Labute approximate surface area is 53.0 Å². The summed E-state index contributed by atoms with van der Waals surface area (Å²) >= 11 is 0. The van der Waals surface area contributed by atoms with Gasteiger partial charge in [0, 0.05) is 0 Å². The van der Waals surface area contributed by atoms with E-state index in [1.165, 1.54) is 0 Å². The summed E-state index contributed by atoms with van der Waals surface area (Å²) in [4.78, 5) is 0. The molecule has 0 fully saturated rings. The number of nitrogens with zero attached hydrogens (tertiary/aromatic N) is 1. The van der Waals surface area contributed by atoms with Crippen molar-refractivity contribution in [1.29, 1.82) is 0 Å². The Morgan fingerprint density at radius 2 is 2.11 bits per heavy atom. The number of sulfonamides is 1. The van der Waals surface area contributed by atoms with Crippen LogP contribution in [0.4, 0.5) is 0 Å². The Bertz CT molecular complexity index is 204. The van der Waals surface area contributed by atoms with Crippen molar-refractivity contribution >= 4 is 16.1 Å². The lowest BCUT2D eigenvalue weighted by atomic mass is 11.3. The van der Waals surface area contributed by atoms with E-state index in [4.69, 9.17) is 0 Å². The van der Waals surface area contributed by atoms with Gasteiger partial charge in [0.05, 0.1) is 6.26 Å². The number of hydrogen-bond acceptors (Lipinski definition) is 4. The Hall–Kier alpha value is -0.780. The largest absolute Gasteiger partial charge is 0.603 e. The minimum atomic E-state index is -3.58. The summed E-state index contributed by atoms with van der Waals surface area (Å²) in [5.41, 5.74) is 0. The number of rotatable bonds is 1. The molecule has 0 aliphatic heterocycles. The minimum Gasteiger partial charge on any atom is -0.603 e. The molecule has 0 saturated heterocycles. The van der Waals surface area contributed by atoms with Gasteiger partial charge in [-0.1, -0.05) is 0 Å². The fraction of sp³-hybridized carbons (Fsp3) is 0.667. The molecule has 0 heterocycles. The minimum absolute atomic E-state index is 0.809. The Kier molecular flexibility index (Phi) is 2.44. The first-order valence-corrected chi connectivity index (χ1v) is 3.81. The van der Waals surface area contributed by atoms with Crippen molar-refractivity contribution < 1.29 is 18.3 Å². The van der Waals surface area contributed by atoms with Crippen LogP contribution < -0.4 is 5.11 Å². The molecule has 0 saturated carbocycles. The van der Waals surface area contributed by atoms with Crippen molar-refractivity contribution in [2.75, 3.05) is 13.4 Å². The van der Waals surface area contributed by atoms with E-state index in [0.29, 0.717) is 0 Å². The summed E-state index contributed by atoms with van der Waals surface area (Å²) < 4.78 is 26.8. The van der Waals surface area contributed by atoms with Crippen molar-refractivity contribution in [2.24, 2.45) is 4.40 Å². The highest BCUT2D eigenvalue weighted by Crippen LogP contribution is 1.82. The molecule has 6 heteroatoms. The summed E-state index contributed by atoms with van der Waals surface area (Å²) in [7, 11) is -2.53. The normalized spacial score (nSPS) is 13.3. The number of methoxy groups -OCH3 is 1. The summed E-state index contributed by atoms with van der Waals surface area (Å²) in [6.45, 7) is 0. The fourth-order valence-electron chi connectivity index (χ4n) is 0.173. The first-order valence-electron chi connectivity index (χ1n) is 1.96. The molecular formula is C3H6NO4S-. The first kappa shape index (κ1) is 8.22. The topological polar surface area (TPSA) is 78.8 Å². The van der Waals surface area contributed by atoms with E-state index < -0.39 is 16.1 Å². The molecule has 0 radical (unpaired) electrons. The highest BCUT2D eigenvalue weighted by atomic mass is 32.2. The molecule has 0 atom stereocenters. The second kappa shape index (κ2) is 2.67. The zero-order chi connectivity index (χ0) is 7.49. The quantitative estimate of drug-likeness (QED) is 0.331. The maximum absolute atomic E-state index is 10.1. The van der Waals surface area contributed by atoms with Crippen molar-refractivity contribution in [3.63, 3.8) is 0 Å². The molecule has 0 rings (SSSR count). The van der Waals surface area contributed by atoms with Gasteiger partial charge in [-0.25, -0.2) is 8.42 Å². The highest BCUT2D eigenvalue weighted by molar-refractivity contribution is 7.89. The summed E-state index contributed by atoms with van der Waals surface area (Å²) in [5.74, 6) is 0. The zero-order valence-corrected chi connectivity index (χ0v) is 5.80. The van der Waals surface area contributed by atoms with Crippen LogP contribution in [0.3, 0.4) is 0 Å². The van der Waals surface area contributed by atoms with Crippen LogP contribution in [0.1, 0.15) is 0 Å². The van der Waals surface area contributed by atoms with Gasteiger partial charge in [-0.2, -0.15) is 0 Å². The predicted molar refractivity (Wildman–Crippen MR) is 29.3 cm³/mol. The molecule has 0 aliphatic rings. The molecule has 0 aliphatic carbocycles. The second-order valence-corrected chi connectivity index (χ2v) is 2.94. The van der Waals surface area contributed by atoms with Gasteiger partial charge in [-0.05, 0) is 7.11 Å². The van der Waals surface area contributed by atoms with Crippen molar-refractivity contribution in [2.45, 2.75) is 0 Å². The summed E-state index contributed by atoms with van der Waals surface area (Å²) in [5, 5.41) is 10.1. The van der Waals surface area contributed by atoms with Crippen LogP contribution in [-0.4, -0.2) is 27.9 Å². The average Bonchev–Trinajstić information content (AvgIpc) is 1.62. The third-order valence-corrected chi connectivity index (χ3v) is 0.896. The van der Waals surface area contributed by atoms with Gasteiger partial charge in [-0.15, -0.1) is 4.40 Å². The molecule has 9 heavy (non-hydrogen) atoms. The van der Waals surface area contributed by atoms with Crippen LogP contribution in [-0.2, 0) is 14.8 Å². The summed E-state index contributed by atoms with van der Waals surface area (Å²) in [6, 6.07) is 0. The number of ether oxygens (including phenoxy) is 1. The van der Waals surface area contributed by atoms with Gasteiger partial charge in [0.1, 0.15) is 0 Å². The van der Waals surface area contributed by atoms with E-state index in [2.05, 4.69) is 9.13 Å². The maximum Gasteiger partial charge on any atom is 0.251 e.